The van der Waals surface area contributed by atoms with E-state index in [9.17, 15) is 0 Å². The lowest BCUT2D eigenvalue weighted by atomic mass is 9.65. The van der Waals surface area contributed by atoms with Gasteiger partial charge in [0.15, 0.2) is 0 Å². The van der Waals surface area contributed by atoms with Crippen molar-refractivity contribution in [1.29, 1.82) is 0 Å². The quantitative estimate of drug-likeness (QED) is 0.372. The van der Waals surface area contributed by atoms with E-state index >= 15 is 0 Å². The molecule has 0 N–H and O–H groups in total. The van der Waals surface area contributed by atoms with Gasteiger partial charge in [-0.15, -0.1) is 22.7 Å². The van der Waals surface area contributed by atoms with E-state index in [1.54, 1.807) is 0 Å². The van der Waals surface area contributed by atoms with Crippen molar-refractivity contribution >= 4 is 22.7 Å². The van der Waals surface area contributed by atoms with E-state index in [-0.39, 0.29) is 5.41 Å². The lowest BCUT2D eigenvalue weighted by Crippen LogP contribution is -2.30. The molecule has 4 aromatic rings. The van der Waals surface area contributed by atoms with Crippen molar-refractivity contribution in [2.45, 2.75) is 18.3 Å². The van der Waals surface area contributed by atoms with Gasteiger partial charge in [-0.1, -0.05) is 67.6 Å². The molecular formula is C23H18S2. The molecule has 2 aromatic heterocycles. The first-order valence-electron chi connectivity index (χ1n) is 8.56. The van der Waals surface area contributed by atoms with Crippen molar-refractivity contribution in [3.8, 4) is 9.75 Å². The van der Waals surface area contributed by atoms with Crippen LogP contribution in [0.15, 0.2) is 83.6 Å². The number of benzene rings is 2. The third-order valence-electron chi connectivity index (χ3n) is 5.50. The van der Waals surface area contributed by atoms with Gasteiger partial charge in [0.05, 0.1) is 0 Å². The Kier molecular flexibility index (Phi) is 3.44. The second-order valence-corrected chi connectivity index (χ2v) is 8.62. The molecule has 1 aliphatic rings. The molecular weight excluding hydrogens is 340 g/mol. The third kappa shape index (κ3) is 2.11. The number of hydrogen-bond donors (Lipinski definition) is 0. The van der Waals surface area contributed by atoms with Crippen molar-refractivity contribution in [2.75, 3.05) is 0 Å². The molecule has 0 nitrogen and oxygen atoms in total. The SMILES string of the molecule is CC1(C(c2ccccc2)c2ccccc2)c2ccsc2-c2sccc21. The van der Waals surface area contributed by atoms with Crippen LogP contribution in [0.1, 0.15) is 35.1 Å². The van der Waals surface area contributed by atoms with Crippen LogP contribution in [0.3, 0.4) is 0 Å². The van der Waals surface area contributed by atoms with Crippen molar-refractivity contribution in [2.24, 2.45) is 0 Å². The van der Waals surface area contributed by atoms with Crippen LogP contribution in [0.5, 0.6) is 0 Å². The molecule has 25 heavy (non-hydrogen) atoms. The summed E-state index contributed by atoms with van der Waals surface area (Å²) in [6, 6.07) is 26.6. The van der Waals surface area contributed by atoms with Crippen LogP contribution in [0, 0.1) is 0 Å². The van der Waals surface area contributed by atoms with Gasteiger partial charge in [0.2, 0.25) is 0 Å². The summed E-state index contributed by atoms with van der Waals surface area (Å²) >= 11 is 3.76. The van der Waals surface area contributed by atoms with Gasteiger partial charge in [0, 0.05) is 21.1 Å². The van der Waals surface area contributed by atoms with Gasteiger partial charge < -0.3 is 0 Å². The van der Waals surface area contributed by atoms with Crippen LogP contribution in [0.25, 0.3) is 9.75 Å². The van der Waals surface area contributed by atoms with E-state index in [1.807, 2.05) is 22.7 Å². The minimum Gasteiger partial charge on any atom is -0.143 e. The average molecular weight is 359 g/mol. The highest BCUT2D eigenvalue weighted by atomic mass is 32.1. The summed E-state index contributed by atoms with van der Waals surface area (Å²) in [6.07, 6.45) is 0. The highest BCUT2D eigenvalue weighted by molar-refractivity contribution is 7.21. The van der Waals surface area contributed by atoms with Gasteiger partial charge in [-0.2, -0.15) is 0 Å². The van der Waals surface area contributed by atoms with E-state index in [2.05, 4.69) is 90.5 Å². The van der Waals surface area contributed by atoms with Crippen LogP contribution in [-0.2, 0) is 5.41 Å². The second-order valence-electron chi connectivity index (χ2n) is 6.78. The summed E-state index contributed by atoms with van der Waals surface area (Å²) in [7, 11) is 0. The minimum absolute atomic E-state index is 0.0344. The maximum absolute atomic E-state index is 2.43. The Hall–Kier alpha value is -2.16. The Labute approximate surface area is 156 Å². The first-order valence-corrected chi connectivity index (χ1v) is 10.3. The second kappa shape index (κ2) is 5.69. The van der Waals surface area contributed by atoms with E-state index in [1.165, 1.54) is 32.0 Å². The fraction of sp³-hybridized carbons (Fsp3) is 0.130. The first-order chi connectivity index (χ1) is 12.3. The average Bonchev–Trinajstić information content (AvgIpc) is 3.36. The van der Waals surface area contributed by atoms with Crippen molar-refractivity contribution in [3.63, 3.8) is 0 Å². The molecule has 0 spiro atoms. The van der Waals surface area contributed by atoms with E-state index < -0.39 is 0 Å². The summed E-state index contributed by atoms with van der Waals surface area (Å²) in [5.74, 6) is 0.305. The highest BCUT2D eigenvalue weighted by Gasteiger charge is 2.47. The monoisotopic (exact) mass is 358 g/mol. The van der Waals surface area contributed by atoms with Crippen molar-refractivity contribution in [3.05, 3.63) is 106 Å². The van der Waals surface area contributed by atoms with Gasteiger partial charge in [-0.3, -0.25) is 0 Å². The van der Waals surface area contributed by atoms with Crippen LogP contribution >= 0.6 is 22.7 Å². The molecule has 0 radical (unpaired) electrons. The summed E-state index contributed by atoms with van der Waals surface area (Å²) < 4.78 is 0. The first kappa shape index (κ1) is 15.1. The summed E-state index contributed by atoms with van der Waals surface area (Å²) in [5, 5.41) is 4.50. The van der Waals surface area contributed by atoms with Gasteiger partial charge in [-0.25, -0.2) is 0 Å². The molecule has 0 unspecified atom stereocenters. The maximum Gasteiger partial charge on any atom is 0.0487 e. The van der Waals surface area contributed by atoms with Gasteiger partial charge in [0.1, 0.15) is 0 Å². The summed E-state index contributed by atoms with van der Waals surface area (Å²) in [5.41, 5.74) is 5.70. The zero-order chi connectivity index (χ0) is 16.9. The lowest BCUT2D eigenvalue weighted by Gasteiger charge is -2.36. The number of thiophene rings is 2. The van der Waals surface area contributed by atoms with E-state index in [0.717, 1.165) is 0 Å². The molecule has 0 bridgehead atoms. The van der Waals surface area contributed by atoms with Crippen LogP contribution in [-0.4, -0.2) is 0 Å². The summed E-state index contributed by atoms with van der Waals surface area (Å²) in [4.78, 5) is 2.92. The largest absolute Gasteiger partial charge is 0.143 e. The number of fused-ring (bicyclic) bond motifs is 3. The van der Waals surface area contributed by atoms with Gasteiger partial charge in [0.25, 0.3) is 0 Å². The predicted octanol–water partition coefficient (Wildman–Crippen LogP) is 6.93. The standard InChI is InChI=1S/C23H18S2/c1-23(18-12-14-24-21(18)22-19(23)13-15-25-22)20(16-8-4-2-5-9-16)17-10-6-3-7-11-17/h2-15,20H,1H3. The van der Waals surface area contributed by atoms with Gasteiger partial charge >= 0.3 is 0 Å². The lowest BCUT2D eigenvalue weighted by molar-refractivity contribution is 0.512. The Bertz CT molecular complexity index is 929. The molecule has 2 heteroatoms. The Morgan fingerprint density at radius 3 is 1.52 bits per heavy atom. The molecule has 2 aromatic carbocycles. The molecule has 0 saturated carbocycles. The maximum atomic E-state index is 2.43. The fourth-order valence-corrected chi connectivity index (χ4v) is 6.61. The van der Waals surface area contributed by atoms with Crippen LogP contribution in [0.2, 0.25) is 0 Å². The molecule has 1 aliphatic carbocycles. The molecule has 0 aliphatic heterocycles. The molecule has 0 fully saturated rings. The molecule has 0 atom stereocenters. The Morgan fingerprint density at radius 1 is 0.640 bits per heavy atom. The smallest absolute Gasteiger partial charge is 0.0487 e. The Balaban J connectivity index is 1.81. The van der Waals surface area contributed by atoms with Gasteiger partial charge in [-0.05, 0) is 45.1 Å². The molecule has 0 saturated heterocycles. The zero-order valence-corrected chi connectivity index (χ0v) is 15.6. The molecule has 122 valence electrons. The van der Waals surface area contributed by atoms with Crippen molar-refractivity contribution in [1.82, 2.24) is 0 Å². The van der Waals surface area contributed by atoms with Crippen molar-refractivity contribution < 1.29 is 0 Å². The summed E-state index contributed by atoms with van der Waals surface area (Å²) in [6.45, 7) is 2.43. The highest BCUT2D eigenvalue weighted by Crippen LogP contribution is 2.60. The number of rotatable bonds is 3. The normalized spacial score (nSPS) is 14.5. The third-order valence-corrected chi connectivity index (χ3v) is 7.49. The van der Waals surface area contributed by atoms with Crippen LogP contribution < -0.4 is 0 Å². The van der Waals surface area contributed by atoms with Crippen LogP contribution in [0.4, 0.5) is 0 Å². The number of hydrogen-bond acceptors (Lipinski definition) is 2. The fourth-order valence-electron chi connectivity index (χ4n) is 4.39. The topological polar surface area (TPSA) is 0 Å². The van der Waals surface area contributed by atoms with E-state index in [4.69, 9.17) is 0 Å². The molecule has 5 rings (SSSR count). The predicted molar refractivity (Wildman–Crippen MR) is 109 cm³/mol. The molecule has 0 amide bonds. The molecule has 2 heterocycles. The van der Waals surface area contributed by atoms with E-state index in [0.29, 0.717) is 5.92 Å². The minimum atomic E-state index is -0.0344. The zero-order valence-electron chi connectivity index (χ0n) is 14.0. The Morgan fingerprint density at radius 2 is 1.08 bits per heavy atom.